The van der Waals surface area contributed by atoms with E-state index in [4.69, 9.17) is 23.2 Å². The highest BCUT2D eigenvalue weighted by Gasteiger charge is 2.12. The number of rotatable bonds is 7. The van der Waals surface area contributed by atoms with E-state index in [9.17, 15) is 19.7 Å². The number of nitro benzene ring substituents is 1. The van der Waals surface area contributed by atoms with Crippen LogP contribution in [0.4, 0.5) is 17.1 Å². The van der Waals surface area contributed by atoms with Crippen molar-refractivity contribution in [1.82, 2.24) is 0 Å². The fourth-order valence-corrected chi connectivity index (χ4v) is 3.68. The quantitative estimate of drug-likeness (QED) is 0.252. The number of non-ortho nitro benzene ring substituents is 1. The zero-order valence-corrected chi connectivity index (χ0v) is 18.1. The van der Waals surface area contributed by atoms with E-state index in [-0.39, 0.29) is 22.9 Å². The minimum atomic E-state index is -0.556. The first-order valence-electron chi connectivity index (χ1n) is 8.85. The molecule has 0 fully saturated rings. The third-order valence-electron chi connectivity index (χ3n) is 4.01. The highest BCUT2D eigenvalue weighted by molar-refractivity contribution is 8.00. The van der Waals surface area contributed by atoms with Crippen LogP contribution in [0.5, 0.6) is 0 Å². The fraction of sp³-hybridized carbons (Fsp3) is 0.0476. The topological polar surface area (TPSA) is 101 Å². The lowest BCUT2D eigenvalue weighted by molar-refractivity contribution is -0.384. The number of hydrogen-bond acceptors (Lipinski definition) is 5. The molecule has 0 aromatic heterocycles. The number of halogens is 2. The van der Waals surface area contributed by atoms with Crippen LogP contribution < -0.4 is 10.6 Å². The van der Waals surface area contributed by atoms with E-state index < -0.39 is 10.8 Å². The summed E-state index contributed by atoms with van der Waals surface area (Å²) < 4.78 is 0. The molecule has 0 atom stereocenters. The van der Waals surface area contributed by atoms with Crippen LogP contribution in [0, 0.1) is 10.1 Å². The number of benzene rings is 3. The van der Waals surface area contributed by atoms with Crippen LogP contribution in [0.15, 0.2) is 71.6 Å². The number of anilines is 2. The van der Waals surface area contributed by atoms with Gasteiger partial charge in [-0.3, -0.25) is 19.7 Å². The van der Waals surface area contributed by atoms with E-state index >= 15 is 0 Å². The smallest absolute Gasteiger partial charge is 0.270 e. The Bertz CT molecular complexity index is 1140. The third-order valence-corrected chi connectivity index (χ3v) is 5.57. The highest BCUT2D eigenvalue weighted by atomic mass is 35.5. The van der Waals surface area contributed by atoms with Crippen molar-refractivity contribution in [3.63, 3.8) is 0 Å². The van der Waals surface area contributed by atoms with Crippen LogP contribution in [0.25, 0.3) is 0 Å². The molecule has 0 radical (unpaired) electrons. The first-order chi connectivity index (χ1) is 14.8. The third kappa shape index (κ3) is 6.45. The Balaban J connectivity index is 1.54. The lowest BCUT2D eigenvalue weighted by Crippen LogP contribution is -2.14. The van der Waals surface area contributed by atoms with Gasteiger partial charge >= 0.3 is 0 Å². The van der Waals surface area contributed by atoms with Gasteiger partial charge in [0.05, 0.1) is 21.4 Å². The van der Waals surface area contributed by atoms with Crippen LogP contribution in [0.1, 0.15) is 10.4 Å². The van der Waals surface area contributed by atoms with Gasteiger partial charge in [0.1, 0.15) is 0 Å². The molecule has 0 bridgehead atoms. The van der Waals surface area contributed by atoms with Gasteiger partial charge in [0, 0.05) is 33.3 Å². The Hall–Kier alpha value is -3.07. The van der Waals surface area contributed by atoms with Gasteiger partial charge < -0.3 is 10.6 Å². The average Bonchev–Trinajstić information content (AvgIpc) is 2.75. The van der Waals surface area contributed by atoms with Crippen molar-refractivity contribution in [2.24, 2.45) is 0 Å². The molecule has 2 N–H and O–H groups in total. The van der Waals surface area contributed by atoms with Crippen molar-refractivity contribution in [1.29, 1.82) is 0 Å². The van der Waals surface area contributed by atoms with Gasteiger partial charge in [0.15, 0.2) is 0 Å². The molecular weight excluding hydrogens is 461 g/mol. The average molecular weight is 476 g/mol. The number of thioether (sulfide) groups is 1. The number of nitro groups is 1. The van der Waals surface area contributed by atoms with Crippen molar-refractivity contribution < 1.29 is 14.5 Å². The van der Waals surface area contributed by atoms with Gasteiger partial charge in [-0.15, -0.1) is 11.8 Å². The predicted molar refractivity (Wildman–Crippen MR) is 123 cm³/mol. The predicted octanol–water partition coefficient (Wildman–Crippen LogP) is 5.88. The Labute approximate surface area is 191 Å². The summed E-state index contributed by atoms with van der Waals surface area (Å²) in [5.74, 6) is -0.515. The minimum absolute atomic E-state index is 0.155. The van der Waals surface area contributed by atoms with Crippen molar-refractivity contribution in [3.8, 4) is 0 Å². The summed E-state index contributed by atoms with van der Waals surface area (Å²) in [6, 6.07) is 17.2. The molecule has 0 aliphatic rings. The second-order valence-electron chi connectivity index (χ2n) is 6.25. The molecule has 0 aliphatic heterocycles. The molecule has 10 heteroatoms. The molecule has 3 aromatic carbocycles. The Morgan fingerprint density at radius 1 is 0.968 bits per heavy atom. The van der Waals surface area contributed by atoms with Crippen molar-refractivity contribution in [2.45, 2.75) is 4.90 Å². The summed E-state index contributed by atoms with van der Waals surface area (Å²) in [5, 5.41) is 17.1. The SMILES string of the molecule is O=C(CSc1ccc(NC(=O)c2cccc([N+](=O)[O-])c2)cc1)Nc1ccc(Cl)cc1Cl. The number of hydrogen-bond donors (Lipinski definition) is 2. The molecular formula is C21H15Cl2N3O4S. The molecule has 0 saturated heterocycles. The van der Waals surface area contributed by atoms with Gasteiger partial charge in [-0.05, 0) is 48.5 Å². The van der Waals surface area contributed by atoms with Gasteiger partial charge in [0.2, 0.25) is 5.91 Å². The molecule has 7 nitrogen and oxygen atoms in total. The molecule has 0 heterocycles. The van der Waals surface area contributed by atoms with Crippen molar-refractivity contribution in [2.75, 3.05) is 16.4 Å². The first-order valence-corrected chi connectivity index (χ1v) is 10.6. The Morgan fingerprint density at radius 2 is 1.71 bits per heavy atom. The van der Waals surface area contributed by atoms with E-state index in [1.54, 1.807) is 42.5 Å². The summed E-state index contributed by atoms with van der Waals surface area (Å²) in [6.07, 6.45) is 0. The van der Waals surface area contributed by atoms with Crippen LogP contribution in [-0.2, 0) is 4.79 Å². The van der Waals surface area contributed by atoms with Gasteiger partial charge in [-0.2, -0.15) is 0 Å². The standard InChI is InChI=1S/C21H15Cl2N3O4S/c22-14-4-9-19(18(23)11-14)25-20(27)12-31-17-7-5-15(6-8-17)24-21(28)13-2-1-3-16(10-13)26(29)30/h1-11H,12H2,(H,24,28)(H,25,27). The lowest BCUT2D eigenvalue weighted by Gasteiger charge is -2.08. The maximum absolute atomic E-state index is 12.3. The lowest BCUT2D eigenvalue weighted by atomic mass is 10.2. The second-order valence-corrected chi connectivity index (χ2v) is 8.14. The number of carbonyl (C=O) groups excluding carboxylic acids is 2. The number of nitrogens with zero attached hydrogens (tertiary/aromatic N) is 1. The van der Waals surface area contributed by atoms with Crippen molar-refractivity contribution >= 4 is 63.8 Å². The molecule has 0 spiro atoms. The number of amides is 2. The normalized spacial score (nSPS) is 10.4. The number of nitrogens with one attached hydrogen (secondary N) is 2. The van der Waals surface area contributed by atoms with Gasteiger partial charge in [-0.25, -0.2) is 0 Å². The zero-order chi connectivity index (χ0) is 22.4. The molecule has 0 aliphatic carbocycles. The summed E-state index contributed by atoms with van der Waals surface area (Å²) in [4.78, 5) is 35.6. The van der Waals surface area contributed by atoms with Crippen LogP contribution in [0.3, 0.4) is 0 Å². The molecule has 31 heavy (non-hydrogen) atoms. The molecule has 3 aromatic rings. The van der Waals surface area contributed by atoms with Gasteiger partial charge in [0.25, 0.3) is 11.6 Å². The van der Waals surface area contributed by atoms with E-state index in [1.807, 2.05) is 0 Å². The fourth-order valence-electron chi connectivity index (χ4n) is 2.52. The van der Waals surface area contributed by atoms with Crippen LogP contribution >= 0.6 is 35.0 Å². The van der Waals surface area contributed by atoms with Crippen molar-refractivity contribution in [3.05, 3.63) is 92.5 Å². The molecule has 3 rings (SSSR count). The summed E-state index contributed by atoms with van der Waals surface area (Å²) in [6.45, 7) is 0. The number of carbonyl (C=O) groups is 2. The Morgan fingerprint density at radius 3 is 2.39 bits per heavy atom. The molecule has 2 amide bonds. The first kappa shape index (κ1) is 22.6. The summed E-state index contributed by atoms with van der Waals surface area (Å²) in [7, 11) is 0. The largest absolute Gasteiger partial charge is 0.324 e. The minimum Gasteiger partial charge on any atom is -0.324 e. The van der Waals surface area contributed by atoms with Crippen LogP contribution in [0.2, 0.25) is 10.0 Å². The van der Waals surface area contributed by atoms with E-state index in [0.29, 0.717) is 21.4 Å². The highest BCUT2D eigenvalue weighted by Crippen LogP contribution is 2.26. The zero-order valence-electron chi connectivity index (χ0n) is 15.8. The monoisotopic (exact) mass is 475 g/mol. The maximum Gasteiger partial charge on any atom is 0.270 e. The van der Waals surface area contributed by atoms with E-state index in [0.717, 1.165) is 4.90 Å². The molecule has 0 unspecified atom stereocenters. The Kier molecular flexibility index (Phi) is 7.51. The van der Waals surface area contributed by atoms with Crippen LogP contribution in [-0.4, -0.2) is 22.5 Å². The maximum atomic E-state index is 12.3. The summed E-state index contributed by atoms with van der Waals surface area (Å²) in [5.41, 5.74) is 1.04. The molecule has 158 valence electrons. The van der Waals surface area contributed by atoms with E-state index in [1.165, 1.54) is 36.0 Å². The second kappa shape index (κ2) is 10.3. The molecule has 0 saturated carbocycles. The van der Waals surface area contributed by atoms with E-state index in [2.05, 4.69) is 10.6 Å². The summed E-state index contributed by atoms with van der Waals surface area (Å²) >= 11 is 13.2. The van der Waals surface area contributed by atoms with Gasteiger partial charge in [-0.1, -0.05) is 29.3 Å².